The largest absolute Gasteiger partial charge is 0.308 e. The molecule has 0 fully saturated rings. The minimum atomic E-state index is -0.248. The Balaban J connectivity index is 1.35. The fraction of sp³-hybridized carbons (Fsp3) is 0.0638. The van der Waals surface area contributed by atoms with Gasteiger partial charge in [-0.15, -0.1) is 0 Å². The average molecular weight is 661 g/mol. The Labute approximate surface area is 306 Å². The molecule has 0 saturated carbocycles. The van der Waals surface area contributed by atoms with E-state index in [9.17, 15) is 10.5 Å². The van der Waals surface area contributed by atoms with Crippen molar-refractivity contribution in [2.45, 2.75) is 19.3 Å². The molecule has 7 aromatic carbocycles. The van der Waals surface area contributed by atoms with Crippen LogP contribution in [0.1, 0.15) is 36.1 Å². The third kappa shape index (κ3) is 4.67. The quantitative estimate of drug-likeness (QED) is 0.201. The van der Waals surface area contributed by atoms with Crippen molar-refractivity contribution in [3.63, 3.8) is 0 Å². The number of nitrogens with zero attached hydrogens (tertiary/aromatic N) is 3. The van der Waals surface area contributed by atoms with Crippen molar-refractivity contribution in [2.75, 3.05) is 4.90 Å². The molecule has 0 unspecified atom stereocenters. The molecule has 0 bridgehead atoms. The molecule has 0 radical (unpaired) electrons. The van der Waals surface area contributed by atoms with Crippen molar-refractivity contribution in [1.29, 1.82) is 10.5 Å². The molecule has 2 aliphatic rings. The molecule has 242 valence electrons. The predicted octanol–water partition coefficient (Wildman–Crippen LogP) is 6.55. The summed E-state index contributed by atoms with van der Waals surface area (Å²) in [4.78, 5) is 2.28. The van der Waals surface area contributed by atoms with Gasteiger partial charge in [-0.3, -0.25) is 0 Å². The first kappa shape index (κ1) is 31.4. The van der Waals surface area contributed by atoms with E-state index in [4.69, 9.17) is 0 Å². The summed E-state index contributed by atoms with van der Waals surface area (Å²) in [6.07, 6.45) is 0. The normalized spacial score (nSPS) is 13.6. The summed E-state index contributed by atoms with van der Waals surface area (Å²) in [5.74, 6) is 0. The van der Waals surface area contributed by atoms with Crippen LogP contribution < -0.4 is 37.7 Å². The summed E-state index contributed by atoms with van der Waals surface area (Å²) in [7, 11) is 0. The number of hydrogen-bond acceptors (Lipinski definition) is 3. The Kier molecular flexibility index (Phi) is 7.46. The predicted molar refractivity (Wildman–Crippen MR) is 217 cm³/mol. The lowest BCUT2D eigenvalue weighted by atomic mass is 9.20. The molecule has 0 aromatic heterocycles. The zero-order chi connectivity index (χ0) is 35.4. The highest BCUT2D eigenvalue weighted by Gasteiger charge is 2.42. The molecule has 0 spiro atoms. The second kappa shape index (κ2) is 12.3. The fourth-order valence-corrected chi connectivity index (χ4v) is 8.93. The van der Waals surface area contributed by atoms with Gasteiger partial charge in [0, 0.05) is 16.5 Å². The van der Waals surface area contributed by atoms with Crippen molar-refractivity contribution in [2.24, 2.45) is 0 Å². The number of anilines is 3. The summed E-state index contributed by atoms with van der Waals surface area (Å²) < 4.78 is 0. The van der Waals surface area contributed by atoms with Gasteiger partial charge < -0.3 is 4.90 Å². The molecule has 0 aliphatic carbocycles. The summed E-state index contributed by atoms with van der Waals surface area (Å²) in [6, 6.07) is 62.4. The first-order valence-electron chi connectivity index (χ1n) is 17.8. The summed E-state index contributed by atoms with van der Waals surface area (Å²) >= 11 is 0. The minimum Gasteiger partial charge on any atom is -0.308 e. The molecule has 0 amide bonds. The van der Waals surface area contributed by atoms with Crippen LogP contribution in [0.3, 0.4) is 0 Å². The van der Waals surface area contributed by atoms with Crippen molar-refractivity contribution < 1.29 is 0 Å². The number of hydrogen-bond donors (Lipinski definition) is 0. The SMILES string of the molecule is CC1(C)c2ccccc2N(c2c(C#N)cccc2-c2cccc(C#N)c2B2c3ccccc3B(c3ccccc3)c3ccccc32)c2ccccc21. The third-order valence-corrected chi connectivity index (χ3v) is 11.2. The van der Waals surface area contributed by atoms with E-state index < -0.39 is 0 Å². The Hall–Kier alpha value is -6.55. The van der Waals surface area contributed by atoms with Crippen LogP contribution in [0.5, 0.6) is 0 Å². The van der Waals surface area contributed by atoms with Crippen LogP contribution in [0.2, 0.25) is 0 Å². The average Bonchev–Trinajstić information content (AvgIpc) is 3.20. The second-order valence-electron chi connectivity index (χ2n) is 14.2. The first-order chi connectivity index (χ1) is 25.5. The van der Waals surface area contributed by atoms with E-state index >= 15 is 0 Å². The van der Waals surface area contributed by atoms with Gasteiger partial charge in [-0.2, -0.15) is 10.5 Å². The number of nitriles is 2. The van der Waals surface area contributed by atoms with Crippen LogP contribution in [-0.4, -0.2) is 13.4 Å². The van der Waals surface area contributed by atoms with Gasteiger partial charge in [-0.1, -0.05) is 181 Å². The molecule has 5 heteroatoms. The van der Waals surface area contributed by atoms with Crippen molar-refractivity contribution in [3.8, 4) is 23.3 Å². The number of para-hydroxylation sites is 3. The smallest absolute Gasteiger partial charge is 0.242 e. The standard InChI is InChI=1S/C47H33B2N3/c1-47(2)37-22-6-12-28-43(37)52(44-29-13-7-23-38(44)47)46-33(31-51)17-15-21-36(46)35-20-14-16-32(30-50)45(35)49-41-26-10-8-24-39(41)48(34-18-4-3-5-19-34)40-25-9-11-27-42(40)49/h3-29H,1-2H3. The van der Waals surface area contributed by atoms with Crippen molar-refractivity contribution in [1.82, 2.24) is 0 Å². The van der Waals surface area contributed by atoms with Gasteiger partial charge in [0.1, 0.15) is 6.07 Å². The van der Waals surface area contributed by atoms with Gasteiger partial charge in [-0.25, -0.2) is 0 Å². The highest BCUT2D eigenvalue weighted by molar-refractivity contribution is 7.11. The highest BCUT2D eigenvalue weighted by Crippen LogP contribution is 2.53. The molecule has 7 aromatic rings. The van der Waals surface area contributed by atoms with E-state index in [1.54, 1.807) is 0 Å². The van der Waals surface area contributed by atoms with Crippen LogP contribution >= 0.6 is 0 Å². The van der Waals surface area contributed by atoms with Crippen LogP contribution in [0, 0.1) is 22.7 Å². The summed E-state index contributed by atoms with van der Waals surface area (Å²) in [5.41, 5.74) is 15.2. The maximum Gasteiger partial charge on any atom is 0.242 e. The monoisotopic (exact) mass is 661 g/mol. The Morgan fingerprint density at radius 2 is 0.923 bits per heavy atom. The molecular weight excluding hydrogens is 628 g/mol. The zero-order valence-electron chi connectivity index (χ0n) is 29.1. The molecule has 2 aliphatic heterocycles. The molecule has 52 heavy (non-hydrogen) atoms. The van der Waals surface area contributed by atoms with Gasteiger partial charge in [0.2, 0.25) is 13.4 Å². The van der Waals surface area contributed by atoms with Crippen LogP contribution in [0.15, 0.2) is 164 Å². The maximum atomic E-state index is 10.9. The molecule has 9 rings (SSSR count). The second-order valence-corrected chi connectivity index (χ2v) is 14.2. The van der Waals surface area contributed by atoms with Gasteiger partial charge in [0.25, 0.3) is 0 Å². The van der Waals surface area contributed by atoms with Crippen LogP contribution in [0.25, 0.3) is 11.1 Å². The molecule has 0 atom stereocenters. The van der Waals surface area contributed by atoms with Gasteiger partial charge in [0.05, 0.1) is 28.7 Å². The first-order valence-corrected chi connectivity index (χ1v) is 17.8. The molecule has 2 heterocycles. The lowest BCUT2D eigenvalue weighted by Crippen LogP contribution is -2.75. The van der Waals surface area contributed by atoms with E-state index in [1.165, 1.54) is 38.4 Å². The van der Waals surface area contributed by atoms with Crippen molar-refractivity contribution >= 4 is 63.3 Å². The summed E-state index contributed by atoms with van der Waals surface area (Å²) in [5, 5.41) is 21.7. The maximum absolute atomic E-state index is 10.9. The topological polar surface area (TPSA) is 50.8 Å². The van der Waals surface area contributed by atoms with Crippen molar-refractivity contribution in [3.05, 3.63) is 186 Å². The summed E-state index contributed by atoms with van der Waals surface area (Å²) in [6.45, 7) is 4.39. The van der Waals surface area contributed by atoms with E-state index in [1.807, 2.05) is 24.3 Å². The van der Waals surface area contributed by atoms with Gasteiger partial charge in [-0.05, 0) is 46.4 Å². The van der Waals surface area contributed by atoms with E-state index in [2.05, 4.69) is 170 Å². The van der Waals surface area contributed by atoms with E-state index in [0.717, 1.165) is 33.7 Å². The number of benzene rings is 7. The van der Waals surface area contributed by atoms with Gasteiger partial charge >= 0.3 is 0 Å². The molecule has 3 nitrogen and oxygen atoms in total. The molecule has 0 N–H and O–H groups in total. The Morgan fingerprint density at radius 1 is 0.462 bits per heavy atom. The Morgan fingerprint density at radius 3 is 1.48 bits per heavy atom. The fourth-order valence-electron chi connectivity index (χ4n) is 8.93. The van der Waals surface area contributed by atoms with E-state index in [-0.39, 0.29) is 18.8 Å². The Bertz CT molecular complexity index is 2520. The van der Waals surface area contributed by atoms with Crippen LogP contribution in [-0.2, 0) is 5.41 Å². The molecule has 0 saturated heterocycles. The highest BCUT2D eigenvalue weighted by atomic mass is 15.2. The number of rotatable bonds is 4. The lowest BCUT2D eigenvalue weighted by molar-refractivity contribution is 0.632. The van der Waals surface area contributed by atoms with Crippen LogP contribution in [0.4, 0.5) is 17.1 Å². The number of fused-ring (bicyclic) bond motifs is 4. The van der Waals surface area contributed by atoms with E-state index in [0.29, 0.717) is 11.1 Å². The minimum absolute atomic E-state index is 0.0599. The molecular formula is C47H33B2N3. The van der Waals surface area contributed by atoms with Gasteiger partial charge in [0.15, 0.2) is 0 Å². The zero-order valence-corrected chi connectivity index (χ0v) is 29.1. The lowest BCUT2D eigenvalue weighted by Gasteiger charge is -2.43. The third-order valence-electron chi connectivity index (χ3n) is 11.2.